The molecular weight excluding hydrogens is 613 g/mol. The Morgan fingerprint density at radius 2 is 0.940 bits per heavy atom. The fourth-order valence-electron chi connectivity index (χ4n) is 7.16. The van der Waals surface area contributed by atoms with Crippen LogP contribution in [0, 0.1) is 0 Å². The Balaban J connectivity index is 1.33. The number of benzene rings is 7. The van der Waals surface area contributed by atoms with Crippen LogP contribution in [0.1, 0.15) is 0 Å². The lowest BCUT2D eigenvalue weighted by atomic mass is 10.0. The monoisotopic (exact) mass is 640 g/mol. The molecule has 50 heavy (non-hydrogen) atoms. The van der Waals surface area contributed by atoms with Crippen LogP contribution in [0.2, 0.25) is 0 Å². The largest absolute Gasteiger partial charge is 0.456 e. The van der Waals surface area contributed by atoms with E-state index in [0.29, 0.717) is 17.5 Å². The molecule has 5 heteroatoms. The van der Waals surface area contributed by atoms with Crippen molar-refractivity contribution in [2.24, 2.45) is 0 Å². The molecule has 0 unspecified atom stereocenters. The van der Waals surface area contributed by atoms with Gasteiger partial charge in [-0.1, -0.05) is 133 Å². The van der Waals surface area contributed by atoms with Gasteiger partial charge in [0, 0.05) is 32.8 Å². The van der Waals surface area contributed by atoms with Gasteiger partial charge in [-0.05, 0) is 47.5 Å². The number of rotatable bonds is 5. The summed E-state index contributed by atoms with van der Waals surface area (Å²) in [5, 5.41) is 4.38. The Hall–Kier alpha value is -6.85. The third-order valence-electron chi connectivity index (χ3n) is 9.46. The van der Waals surface area contributed by atoms with Gasteiger partial charge in [-0.25, -0.2) is 15.0 Å². The Labute approximate surface area is 287 Å². The Morgan fingerprint density at radius 1 is 0.380 bits per heavy atom. The summed E-state index contributed by atoms with van der Waals surface area (Å²) >= 11 is 0. The fraction of sp³-hybridized carbons (Fsp3) is 0. The van der Waals surface area contributed by atoms with Crippen LogP contribution in [0.3, 0.4) is 0 Å². The van der Waals surface area contributed by atoms with Gasteiger partial charge in [0.15, 0.2) is 17.5 Å². The molecule has 5 nitrogen and oxygen atoms in total. The van der Waals surface area contributed by atoms with Crippen LogP contribution >= 0.6 is 0 Å². The lowest BCUT2D eigenvalue weighted by Crippen LogP contribution is -2.04. The zero-order valence-corrected chi connectivity index (χ0v) is 26.9. The summed E-state index contributed by atoms with van der Waals surface area (Å²) in [7, 11) is 0. The third-order valence-corrected chi connectivity index (χ3v) is 9.46. The summed E-state index contributed by atoms with van der Waals surface area (Å²) in [6.07, 6.45) is 0. The highest BCUT2D eigenvalue weighted by Crippen LogP contribution is 2.43. The third kappa shape index (κ3) is 4.52. The van der Waals surface area contributed by atoms with Crippen molar-refractivity contribution in [1.29, 1.82) is 0 Å². The first kappa shape index (κ1) is 28.2. The second-order valence-electron chi connectivity index (χ2n) is 12.4. The van der Waals surface area contributed by atoms with Gasteiger partial charge in [-0.15, -0.1) is 0 Å². The molecular formula is C45H28N4O. The molecule has 3 aromatic heterocycles. The molecule has 0 aliphatic carbocycles. The maximum atomic E-state index is 6.50. The number of aromatic nitrogens is 4. The van der Waals surface area contributed by atoms with Gasteiger partial charge < -0.3 is 8.98 Å². The predicted molar refractivity (Wildman–Crippen MR) is 203 cm³/mol. The topological polar surface area (TPSA) is 56.7 Å². The van der Waals surface area contributed by atoms with Crippen molar-refractivity contribution < 1.29 is 4.42 Å². The molecule has 0 saturated carbocycles. The molecule has 3 heterocycles. The molecule has 0 bridgehead atoms. The average molecular weight is 641 g/mol. The summed E-state index contributed by atoms with van der Waals surface area (Å²) < 4.78 is 8.87. The summed E-state index contributed by atoms with van der Waals surface area (Å²) in [5.74, 6) is 1.83. The van der Waals surface area contributed by atoms with E-state index in [9.17, 15) is 0 Å². The van der Waals surface area contributed by atoms with E-state index in [-0.39, 0.29) is 0 Å². The smallest absolute Gasteiger partial charge is 0.166 e. The Kier molecular flexibility index (Phi) is 6.42. The van der Waals surface area contributed by atoms with Crippen LogP contribution in [0.5, 0.6) is 0 Å². The predicted octanol–water partition coefficient (Wildman–Crippen LogP) is 11.5. The normalized spacial score (nSPS) is 11.6. The number of nitrogens with zero attached hydrogens (tertiary/aromatic N) is 4. The van der Waals surface area contributed by atoms with E-state index >= 15 is 0 Å². The highest BCUT2D eigenvalue weighted by Gasteiger charge is 2.24. The molecule has 0 fully saturated rings. The first-order valence-electron chi connectivity index (χ1n) is 16.7. The van der Waals surface area contributed by atoms with Crippen molar-refractivity contribution in [3.8, 4) is 51.0 Å². The number of fused-ring (bicyclic) bond motifs is 6. The molecule has 0 aliphatic heterocycles. The maximum Gasteiger partial charge on any atom is 0.166 e. The van der Waals surface area contributed by atoms with Crippen molar-refractivity contribution in [3.05, 3.63) is 170 Å². The minimum Gasteiger partial charge on any atom is -0.456 e. The van der Waals surface area contributed by atoms with E-state index in [1.807, 2.05) is 78.9 Å². The van der Waals surface area contributed by atoms with Crippen LogP contribution in [0.4, 0.5) is 0 Å². The van der Waals surface area contributed by atoms with Crippen molar-refractivity contribution in [1.82, 2.24) is 19.5 Å². The molecule has 10 rings (SSSR count). The zero-order chi connectivity index (χ0) is 33.0. The number of furan rings is 1. The highest BCUT2D eigenvalue weighted by atomic mass is 16.3. The second kappa shape index (κ2) is 11.4. The standard InChI is InChI=1S/C45H28N4O/c1-4-14-29(15-5-1)32-24-26-38-36(28-32)33-20-10-12-22-37(33)49(38)42-35(25-27-40-41(42)34-21-11-13-23-39(34)50-40)45-47-43(30-16-6-2-7-17-30)46-44(48-45)31-18-8-3-9-19-31/h1-28H. The van der Waals surface area contributed by atoms with Crippen LogP contribution < -0.4 is 0 Å². The molecule has 0 radical (unpaired) electrons. The fourth-order valence-corrected chi connectivity index (χ4v) is 7.16. The molecule has 0 atom stereocenters. The van der Waals surface area contributed by atoms with E-state index in [1.165, 1.54) is 21.9 Å². The molecule has 7 aromatic carbocycles. The quantitative estimate of drug-likeness (QED) is 0.188. The van der Waals surface area contributed by atoms with Crippen molar-refractivity contribution in [2.45, 2.75) is 0 Å². The zero-order valence-electron chi connectivity index (χ0n) is 26.9. The van der Waals surface area contributed by atoms with Crippen molar-refractivity contribution in [2.75, 3.05) is 0 Å². The Morgan fingerprint density at radius 3 is 1.64 bits per heavy atom. The number of hydrogen-bond acceptors (Lipinski definition) is 4. The summed E-state index contributed by atoms with van der Waals surface area (Å²) in [4.78, 5) is 15.4. The van der Waals surface area contributed by atoms with Crippen molar-refractivity contribution >= 4 is 43.7 Å². The number of hydrogen-bond donors (Lipinski definition) is 0. The van der Waals surface area contributed by atoms with Gasteiger partial charge in [0.25, 0.3) is 0 Å². The van der Waals surface area contributed by atoms with Gasteiger partial charge in [0.1, 0.15) is 11.2 Å². The molecule has 0 saturated heterocycles. The molecule has 234 valence electrons. The van der Waals surface area contributed by atoms with Crippen LogP contribution in [0.25, 0.3) is 94.7 Å². The van der Waals surface area contributed by atoms with E-state index in [0.717, 1.165) is 55.3 Å². The lowest BCUT2D eigenvalue weighted by Gasteiger charge is -2.16. The van der Waals surface area contributed by atoms with Gasteiger partial charge in [-0.2, -0.15) is 0 Å². The van der Waals surface area contributed by atoms with Gasteiger partial charge in [0.2, 0.25) is 0 Å². The van der Waals surface area contributed by atoms with Crippen molar-refractivity contribution in [3.63, 3.8) is 0 Å². The van der Waals surface area contributed by atoms with Gasteiger partial charge >= 0.3 is 0 Å². The van der Waals surface area contributed by atoms with E-state index in [4.69, 9.17) is 19.4 Å². The molecule has 0 N–H and O–H groups in total. The molecule has 0 aliphatic rings. The van der Waals surface area contributed by atoms with E-state index < -0.39 is 0 Å². The summed E-state index contributed by atoms with van der Waals surface area (Å²) in [5.41, 5.74) is 9.87. The minimum absolute atomic E-state index is 0.590. The number of para-hydroxylation sites is 2. The van der Waals surface area contributed by atoms with E-state index in [1.54, 1.807) is 0 Å². The van der Waals surface area contributed by atoms with Crippen LogP contribution in [-0.2, 0) is 0 Å². The minimum atomic E-state index is 0.590. The molecule has 0 spiro atoms. The average Bonchev–Trinajstić information content (AvgIpc) is 3.74. The highest BCUT2D eigenvalue weighted by molar-refractivity contribution is 6.16. The summed E-state index contributed by atoms with van der Waals surface area (Å²) in [6.45, 7) is 0. The first-order chi connectivity index (χ1) is 24.8. The first-order valence-corrected chi connectivity index (χ1v) is 16.7. The van der Waals surface area contributed by atoms with Crippen LogP contribution in [0.15, 0.2) is 174 Å². The maximum absolute atomic E-state index is 6.50. The molecule has 0 amide bonds. The van der Waals surface area contributed by atoms with Gasteiger partial charge in [0.05, 0.1) is 22.1 Å². The van der Waals surface area contributed by atoms with E-state index in [2.05, 4.69) is 95.6 Å². The van der Waals surface area contributed by atoms with Gasteiger partial charge in [-0.3, -0.25) is 0 Å². The Bertz CT molecular complexity index is 2800. The summed E-state index contributed by atoms with van der Waals surface area (Å²) in [6, 6.07) is 58.5. The van der Waals surface area contributed by atoms with Crippen LogP contribution in [-0.4, -0.2) is 19.5 Å². The lowest BCUT2D eigenvalue weighted by molar-refractivity contribution is 0.669. The second-order valence-corrected chi connectivity index (χ2v) is 12.4. The SMILES string of the molecule is c1ccc(-c2ccc3c(c2)c2ccccc2n3-c2c(-c3nc(-c4ccccc4)nc(-c4ccccc4)n3)ccc3oc4ccccc4c23)cc1. The molecule has 10 aromatic rings.